The van der Waals surface area contributed by atoms with Gasteiger partial charge in [0, 0.05) is 13.1 Å². The number of Topliss-reactive ketones (excluding diaryl/α,β-unsaturated/α-hetero) is 1. The van der Waals surface area contributed by atoms with Crippen LogP contribution in [0.4, 0.5) is 4.79 Å². The Kier molecular flexibility index (Phi) is 7.49. The number of carbonyl (C=O) groups is 2. The average molecular weight is 244 g/mol. The predicted molar refractivity (Wildman–Crippen MR) is 67.6 cm³/mol. The minimum absolute atomic E-state index is 0.0533. The minimum Gasteiger partial charge on any atom is -0.327 e. The summed E-state index contributed by atoms with van der Waals surface area (Å²) in [5, 5.41) is 4.14. The van der Waals surface area contributed by atoms with Crippen LogP contribution in [0.2, 0.25) is 0 Å². The fourth-order valence-electron chi connectivity index (χ4n) is 1.11. The number of urea groups is 1. The van der Waals surface area contributed by atoms with Crippen molar-refractivity contribution in [2.45, 2.75) is 26.8 Å². The van der Waals surface area contributed by atoms with E-state index >= 15 is 0 Å². The molecule has 0 unspecified atom stereocenters. The van der Waals surface area contributed by atoms with Gasteiger partial charge >= 0.3 is 6.03 Å². The number of nitrogens with zero attached hydrogens (tertiary/aromatic N) is 2. The molecule has 0 radical (unpaired) electrons. The molecule has 0 fully saturated rings. The van der Waals surface area contributed by atoms with E-state index in [2.05, 4.69) is 10.7 Å². The van der Waals surface area contributed by atoms with Crippen molar-refractivity contribution in [1.29, 1.82) is 0 Å². The lowest BCUT2D eigenvalue weighted by molar-refractivity contribution is -0.118. The Morgan fingerprint density at radius 1 is 1.24 bits per heavy atom. The smallest absolute Gasteiger partial charge is 0.327 e. The number of carbonyl (C=O) groups excluding carboxylic acids is 2. The summed E-state index contributed by atoms with van der Waals surface area (Å²) in [6.07, 6.45) is 0. The maximum atomic E-state index is 11.8. The SMILES string of the molecule is CCNN(CCN(C)C)C(=O)N[C@H](C)C(C)=O. The molecule has 0 aliphatic heterocycles. The maximum absolute atomic E-state index is 11.8. The molecule has 6 heteroatoms. The molecular formula is C11H24N4O2. The van der Waals surface area contributed by atoms with Gasteiger partial charge in [-0.15, -0.1) is 0 Å². The first kappa shape index (κ1) is 15.9. The minimum atomic E-state index is -0.456. The van der Waals surface area contributed by atoms with Crippen LogP contribution >= 0.6 is 0 Å². The molecule has 6 nitrogen and oxygen atoms in total. The summed E-state index contributed by atoms with van der Waals surface area (Å²) in [5.74, 6) is -0.0533. The lowest BCUT2D eigenvalue weighted by atomic mass is 10.2. The Bertz CT molecular complexity index is 256. The number of likely N-dealkylation sites (N-methyl/N-ethyl adjacent to an activating group) is 1. The zero-order valence-corrected chi connectivity index (χ0v) is 11.4. The van der Waals surface area contributed by atoms with Gasteiger partial charge in [0.1, 0.15) is 0 Å². The largest absolute Gasteiger partial charge is 0.332 e. The van der Waals surface area contributed by atoms with E-state index < -0.39 is 6.04 Å². The molecule has 0 aromatic carbocycles. The molecule has 100 valence electrons. The topological polar surface area (TPSA) is 64.7 Å². The molecule has 0 bridgehead atoms. The summed E-state index contributed by atoms with van der Waals surface area (Å²) in [4.78, 5) is 24.9. The molecule has 0 aromatic rings. The van der Waals surface area contributed by atoms with Gasteiger partial charge in [0.05, 0.1) is 12.6 Å². The molecule has 0 spiro atoms. The van der Waals surface area contributed by atoms with Crippen molar-refractivity contribution in [3.63, 3.8) is 0 Å². The van der Waals surface area contributed by atoms with Crippen molar-refractivity contribution in [2.24, 2.45) is 0 Å². The summed E-state index contributed by atoms with van der Waals surface area (Å²) in [5.41, 5.74) is 2.97. The number of nitrogens with one attached hydrogen (secondary N) is 2. The highest BCUT2D eigenvalue weighted by atomic mass is 16.2. The standard InChI is InChI=1S/C11H24N4O2/c1-6-12-15(8-7-14(4)5)11(17)13-9(2)10(3)16/h9,12H,6-8H2,1-5H3,(H,13,17)/t9-/m1/s1. The van der Waals surface area contributed by atoms with Crippen molar-refractivity contribution in [3.8, 4) is 0 Å². The maximum Gasteiger partial charge on any atom is 0.332 e. The zero-order chi connectivity index (χ0) is 13.4. The van der Waals surface area contributed by atoms with Crippen molar-refractivity contribution < 1.29 is 9.59 Å². The molecule has 0 aromatic heterocycles. The fraction of sp³-hybridized carbons (Fsp3) is 0.818. The highest BCUT2D eigenvalue weighted by Crippen LogP contribution is 1.90. The van der Waals surface area contributed by atoms with Gasteiger partial charge in [-0.3, -0.25) is 9.80 Å². The second-order valence-electron chi connectivity index (χ2n) is 4.25. The second-order valence-corrected chi connectivity index (χ2v) is 4.25. The highest BCUT2D eigenvalue weighted by molar-refractivity contribution is 5.86. The fourth-order valence-corrected chi connectivity index (χ4v) is 1.11. The Hall–Kier alpha value is -1.14. The first-order chi connectivity index (χ1) is 7.88. The summed E-state index contributed by atoms with van der Waals surface area (Å²) in [7, 11) is 3.89. The van der Waals surface area contributed by atoms with Gasteiger partial charge in [0.2, 0.25) is 0 Å². The summed E-state index contributed by atoms with van der Waals surface area (Å²) >= 11 is 0. The number of hydrogen-bond donors (Lipinski definition) is 2. The molecular weight excluding hydrogens is 220 g/mol. The summed E-state index contributed by atoms with van der Waals surface area (Å²) in [6.45, 7) is 7.05. The zero-order valence-electron chi connectivity index (χ0n) is 11.4. The third-order valence-corrected chi connectivity index (χ3v) is 2.31. The Labute approximate surface area is 103 Å². The van der Waals surface area contributed by atoms with E-state index in [1.54, 1.807) is 6.92 Å². The van der Waals surface area contributed by atoms with Crippen LogP contribution in [0.15, 0.2) is 0 Å². The molecule has 2 amide bonds. The Morgan fingerprint density at radius 2 is 1.82 bits per heavy atom. The van der Waals surface area contributed by atoms with Crippen LogP contribution in [0.1, 0.15) is 20.8 Å². The molecule has 17 heavy (non-hydrogen) atoms. The number of hydrazine groups is 1. The van der Waals surface area contributed by atoms with Crippen LogP contribution in [-0.2, 0) is 4.79 Å². The molecule has 0 heterocycles. The van der Waals surface area contributed by atoms with E-state index in [0.717, 1.165) is 6.54 Å². The molecule has 0 saturated heterocycles. The van der Waals surface area contributed by atoms with Crippen molar-refractivity contribution in [1.82, 2.24) is 20.7 Å². The van der Waals surface area contributed by atoms with Crippen molar-refractivity contribution in [3.05, 3.63) is 0 Å². The molecule has 0 aliphatic rings. The van der Waals surface area contributed by atoms with Crippen LogP contribution in [0, 0.1) is 0 Å². The van der Waals surface area contributed by atoms with E-state index in [-0.39, 0.29) is 11.8 Å². The van der Waals surface area contributed by atoms with Crippen molar-refractivity contribution >= 4 is 11.8 Å². The third-order valence-electron chi connectivity index (χ3n) is 2.31. The molecule has 2 N–H and O–H groups in total. The highest BCUT2D eigenvalue weighted by Gasteiger charge is 2.16. The monoisotopic (exact) mass is 244 g/mol. The third kappa shape index (κ3) is 6.91. The Morgan fingerprint density at radius 3 is 2.24 bits per heavy atom. The van der Waals surface area contributed by atoms with E-state index in [0.29, 0.717) is 13.1 Å². The summed E-state index contributed by atoms with van der Waals surface area (Å²) in [6, 6.07) is -0.723. The van der Waals surface area contributed by atoms with Gasteiger partial charge in [-0.25, -0.2) is 10.2 Å². The predicted octanol–water partition coefficient (Wildman–Crippen LogP) is 0.0616. The van der Waals surface area contributed by atoms with E-state index in [1.165, 1.54) is 11.9 Å². The molecule has 0 saturated carbocycles. The summed E-state index contributed by atoms with van der Waals surface area (Å²) < 4.78 is 0. The van der Waals surface area contributed by atoms with Gasteiger partial charge in [-0.1, -0.05) is 6.92 Å². The average Bonchev–Trinajstić information content (AvgIpc) is 2.23. The van der Waals surface area contributed by atoms with E-state index in [1.807, 2.05) is 25.9 Å². The number of ketones is 1. The van der Waals surface area contributed by atoms with Crippen LogP contribution in [0.5, 0.6) is 0 Å². The van der Waals surface area contributed by atoms with Gasteiger partial charge < -0.3 is 10.2 Å². The first-order valence-corrected chi connectivity index (χ1v) is 5.85. The molecule has 1 atom stereocenters. The number of hydrogen-bond acceptors (Lipinski definition) is 4. The normalized spacial score (nSPS) is 12.4. The molecule has 0 rings (SSSR count). The number of rotatable bonds is 7. The number of amides is 2. The van der Waals surface area contributed by atoms with Crippen LogP contribution < -0.4 is 10.7 Å². The van der Waals surface area contributed by atoms with Crippen LogP contribution in [0.3, 0.4) is 0 Å². The lowest BCUT2D eigenvalue weighted by Gasteiger charge is -2.25. The molecule has 0 aliphatic carbocycles. The Balaban J connectivity index is 4.27. The second kappa shape index (κ2) is 8.03. The van der Waals surface area contributed by atoms with Gasteiger partial charge in [0.25, 0.3) is 0 Å². The quantitative estimate of drug-likeness (QED) is 0.622. The van der Waals surface area contributed by atoms with Gasteiger partial charge in [-0.05, 0) is 27.9 Å². The van der Waals surface area contributed by atoms with E-state index in [4.69, 9.17) is 0 Å². The van der Waals surface area contributed by atoms with Gasteiger partial charge in [-0.2, -0.15) is 0 Å². The van der Waals surface area contributed by atoms with Crippen LogP contribution in [-0.4, -0.2) is 61.5 Å². The van der Waals surface area contributed by atoms with Gasteiger partial charge in [0.15, 0.2) is 5.78 Å². The lowest BCUT2D eigenvalue weighted by Crippen LogP contribution is -2.53. The first-order valence-electron chi connectivity index (χ1n) is 5.85. The van der Waals surface area contributed by atoms with Crippen molar-refractivity contribution in [2.75, 3.05) is 33.7 Å². The van der Waals surface area contributed by atoms with E-state index in [9.17, 15) is 9.59 Å². The van der Waals surface area contributed by atoms with Crippen LogP contribution in [0.25, 0.3) is 0 Å².